The van der Waals surface area contributed by atoms with Gasteiger partial charge in [0.1, 0.15) is 6.10 Å². The summed E-state index contributed by atoms with van der Waals surface area (Å²) in [5, 5.41) is 3.15. The lowest BCUT2D eigenvalue weighted by Gasteiger charge is -2.39. The average Bonchev–Trinajstić information content (AvgIpc) is 2.68. The first kappa shape index (κ1) is 19.0. The summed E-state index contributed by atoms with van der Waals surface area (Å²) in [7, 11) is -1.75. The Kier molecular flexibility index (Phi) is 6.32. The van der Waals surface area contributed by atoms with Gasteiger partial charge < -0.3 is 15.0 Å². The van der Waals surface area contributed by atoms with E-state index in [1.54, 1.807) is 16.3 Å². The van der Waals surface area contributed by atoms with E-state index in [-0.39, 0.29) is 11.9 Å². The van der Waals surface area contributed by atoms with Crippen LogP contribution in [0.25, 0.3) is 0 Å². The van der Waals surface area contributed by atoms with Gasteiger partial charge in [0.2, 0.25) is 0 Å². The lowest BCUT2D eigenvalue weighted by atomic mass is 9.96. The molecule has 3 aliphatic rings. The number of ether oxygens (including phenoxy) is 1. The van der Waals surface area contributed by atoms with Crippen molar-refractivity contribution in [2.24, 2.45) is 0 Å². The summed E-state index contributed by atoms with van der Waals surface area (Å²) < 4.78 is 34.3. The number of carbonyl (C=O) groups is 1. The highest BCUT2D eigenvalue weighted by molar-refractivity contribution is 7.86. The van der Waals surface area contributed by atoms with Gasteiger partial charge in [-0.1, -0.05) is 19.3 Å². The molecule has 9 heteroatoms. The SMILES string of the molecule is CN(C1CCCCC1)S(=O)(=O)N1CCN(C(=O)C2CNCCO2)CC1. The van der Waals surface area contributed by atoms with Crippen molar-refractivity contribution in [3.8, 4) is 0 Å². The van der Waals surface area contributed by atoms with Gasteiger partial charge in [0.25, 0.3) is 16.1 Å². The van der Waals surface area contributed by atoms with E-state index in [4.69, 9.17) is 4.74 Å². The number of amides is 1. The Hall–Kier alpha value is -0.740. The van der Waals surface area contributed by atoms with E-state index in [1.165, 1.54) is 10.7 Å². The Morgan fingerprint density at radius 1 is 1.12 bits per heavy atom. The maximum Gasteiger partial charge on any atom is 0.282 e. The number of morpholine rings is 1. The number of hydrogen-bond acceptors (Lipinski definition) is 5. The van der Waals surface area contributed by atoms with Crippen LogP contribution < -0.4 is 5.32 Å². The fourth-order valence-electron chi connectivity index (χ4n) is 3.88. The summed E-state index contributed by atoms with van der Waals surface area (Å²) >= 11 is 0. The molecule has 1 atom stereocenters. The standard InChI is InChI=1S/C16H30N4O4S/c1-18(14-5-3-2-4-6-14)25(22,23)20-10-8-19(9-11-20)16(21)15-13-17-7-12-24-15/h14-15,17H,2-13H2,1H3. The number of carbonyl (C=O) groups excluding carboxylic acids is 1. The van der Waals surface area contributed by atoms with Crippen LogP contribution in [-0.2, 0) is 19.7 Å². The van der Waals surface area contributed by atoms with Crippen LogP contribution in [0.5, 0.6) is 0 Å². The maximum absolute atomic E-state index is 12.9. The van der Waals surface area contributed by atoms with E-state index >= 15 is 0 Å². The summed E-state index contributed by atoms with van der Waals surface area (Å²) in [4.78, 5) is 14.2. The highest BCUT2D eigenvalue weighted by Gasteiger charge is 2.36. The number of hydrogen-bond donors (Lipinski definition) is 1. The fourth-order valence-corrected chi connectivity index (χ4v) is 5.46. The van der Waals surface area contributed by atoms with Gasteiger partial charge in [0.15, 0.2) is 0 Å². The molecule has 0 aromatic carbocycles. The number of rotatable bonds is 4. The molecular weight excluding hydrogens is 344 g/mol. The zero-order valence-corrected chi connectivity index (χ0v) is 15.8. The predicted octanol–water partition coefficient (Wildman–Crippen LogP) is -0.372. The van der Waals surface area contributed by atoms with Crippen molar-refractivity contribution >= 4 is 16.1 Å². The Labute approximate surface area is 150 Å². The van der Waals surface area contributed by atoms with Crippen LogP contribution in [0, 0.1) is 0 Å². The van der Waals surface area contributed by atoms with Crippen molar-refractivity contribution in [3.63, 3.8) is 0 Å². The molecule has 25 heavy (non-hydrogen) atoms. The van der Waals surface area contributed by atoms with E-state index < -0.39 is 16.3 Å². The number of nitrogens with one attached hydrogen (secondary N) is 1. The normalized spacial score (nSPS) is 27.6. The van der Waals surface area contributed by atoms with E-state index in [0.29, 0.717) is 39.3 Å². The van der Waals surface area contributed by atoms with Gasteiger partial charge in [-0.2, -0.15) is 17.0 Å². The van der Waals surface area contributed by atoms with E-state index in [9.17, 15) is 13.2 Å². The highest BCUT2D eigenvalue weighted by Crippen LogP contribution is 2.25. The number of nitrogens with zero attached hydrogens (tertiary/aromatic N) is 3. The smallest absolute Gasteiger partial charge is 0.282 e. The Morgan fingerprint density at radius 3 is 2.40 bits per heavy atom. The molecule has 0 aromatic heterocycles. The zero-order chi connectivity index (χ0) is 17.9. The Morgan fingerprint density at radius 2 is 1.80 bits per heavy atom. The van der Waals surface area contributed by atoms with E-state index in [0.717, 1.165) is 32.2 Å². The van der Waals surface area contributed by atoms with Gasteiger partial charge in [0.05, 0.1) is 6.61 Å². The second kappa shape index (κ2) is 8.30. The van der Waals surface area contributed by atoms with E-state index in [1.807, 2.05) is 0 Å². The summed E-state index contributed by atoms with van der Waals surface area (Å²) in [6.45, 7) is 3.39. The van der Waals surface area contributed by atoms with Crippen LogP contribution in [0.1, 0.15) is 32.1 Å². The molecule has 2 aliphatic heterocycles. The minimum atomic E-state index is -3.45. The minimum absolute atomic E-state index is 0.0371. The van der Waals surface area contributed by atoms with E-state index in [2.05, 4.69) is 5.32 Å². The van der Waals surface area contributed by atoms with Gasteiger partial charge in [0, 0.05) is 52.4 Å². The molecule has 1 amide bonds. The lowest BCUT2D eigenvalue weighted by Crippen LogP contribution is -2.58. The molecule has 0 bridgehead atoms. The second-order valence-corrected chi connectivity index (χ2v) is 9.09. The quantitative estimate of drug-likeness (QED) is 0.726. The molecular formula is C16H30N4O4S. The molecule has 3 fully saturated rings. The molecule has 1 unspecified atom stereocenters. The third-order valence-corrected chi connectivity index (χ3v) is 7.58. The molecule has 1 aliphatic carbocycles. The van der Waals surface area contributed by atoms with Crippen molar-refractivity contribution in [2.45, 2.75) is 44.2 Å². The predicted molar refractivity (Wildman–Crippen MR) is 94.3 cm³/mol. The van der Waals surface area contributed by atoms with Crippen LogP contribution in [-0.4, -0.2) is 92.9 Å². The largest absolute Gasteiger partial charge is 0.366 e. The molecule has 0 radical (unpaired) electrons. The van der Waals surface area contributed by atoms with Crippen molar-refractivity contribution in [1.82, 2.24) is 18.8 Å². The van der Waals surface area contributed by atoms with Crippen LogP contribution in [0.2, 0.25) is 0 Å². The van der Waals surface area contributed by atoms with Gasteiger partial charge in [-0.3, -0.25) is 4.79 Å². The third-order valence-electron chi connectivity index (χ3n) is 5.53. The van der Waals surface area contributed by atoms with Gasteiger partial charge in [-0.15, -0.1) is 0 Å². The zero-order valence-electron chi connectivity index (χ0n) is 15.0. The minimum Gasteiger partial charge on any atom is -0.366 e. The summed E-state index contributed by atoms with van der Waals surface area (Å²) in [5.41, 5.74) is 0. The average molecular weight is 375 g/mol. The van der Waals surface area contributed by atoms with Gasteiger partial charge in [-0.05, 0) is 12.8 Å². The van der Waals surface area contributed by atoms with Crippen molar-refractivity contribution in [2.75, 3.05) is 52.9 Å². The molecule has 1 N–H and O–H groups in total. The second-order valence-electron chi connectivity index (χ2n) is 7.10. The van der Waals surface area contributed by atoms with Crippen LogP contribution in [0.3, 0.4) is 0 Å². The lowest BCUT2D eigenvalue weighted by molar-refractivity contribution is -0.146. The van der Waals surface area contributed by atoms with Gasteiger partial charge >= 0.3 is 0 Å². The molecule has 0 spiro atoms. The maximum atomic E-state index is 12.9. The first-order valence-electron chi connectivity index (χ1n) is 9.34. The molecule has 2 saturated heterocycles. The van der Waals surface area contributed by atoms with Crippen LogP contribution in [0.4, 0.5) is 0 Å². The Bertz CT molecular complexity index is 550. The van der Waals surface area contributed by atoms with Gasteiger partial charge in [-0.25, -0.2) is 0 Å². The van der Waals surface area contributed by atoms with Crippen molar-refractivity contribution in [3.05, 3.63) is 0 Å². The summed E-state index contributed by atoms with van der Waals surface area (Å²) in [6.07, 6.45) is 4.84. The highest BCUT2D eigenvalue weighted by atomic mass is 32.2. The molecule has 1 saturated carbocycles. The Balaban J connectivity index is 1.54. The van der Waals surface area contributed by atoms with Crippen LogP contribution >= 0.6 is 0 Å². The van der Waals surface area contributed by atoms with Crippen LogP contribution in [0.15, 0.2) is 0 Å². The fraction of sp³-hybridized carbons (Fsp3) is 0.938. The topological polar surface area (TPSA) is 82.2 Å². The molecule has 0 aromatic rings. The summed E-state index contributed by atoms with van der Waals surface area (Å²) in [5.74, 6) is -0.0371. The molecule has 2 heterocycles. The first-order chi connectivity index (χ1) is 12.0. The first-order valence-corrected chi connectivity index (χ1v) is 10.7. The molecule has 8 nitrogen and oxygen atoms in total. The van der Waals surface area contributed by atoms with Crippen molar-refractivity contribution < 1.29 is 17.9 Å². The number of piperazine rings is 1. The molecule has 144 valence electrons. The third kappa shape index (κ3) is 4.33. The molecule has 3 rings (SSSR count). The monoisotopic (exact) mass is 374 g/mol. The van der Waals surface area contributed by atoms with Crippen molar-refractivity contribution in [1.29, 1.82) is 0 Å². The summed E-state index contributed by atoms with van der Waals surface area (Å²) in [6, 6.07) is 0.111.